The van der Waals surface area contributed by atoms with Crippen LogP contribution in [0.3, 0.4) is 0 Å². The van der Waals surface area contributed by atoms with Crippen LogP contribution in [0.5, 0.6) is 0 Å². The van der Waals surface area contributed by atoms with Crippen LogP contribution >= 0.6 is 0 Å². The highest BCUT2D eigenvalue weighted by Gasteiger charge is 2.16. The second-order valence-corrected chi connectivity index (χ2v) is 2.71. The fourth-order valence-corrected chi connectivity index (χ4v) is 1.19. The molecule has 9 heteroatoms. The normalized spacial score (nSPS) is 11.4. The van der Waals surface area contributed by atoms with Crippen molar-refractivity contribution < 1.29 is 8.78 Å². The van der Waals surface area contributed by atoms with E-state index in [0.717, 1.165) is 0 Å². The van der Waals surface area contributed by atoms with Gasteiger partial charge in [0.2, 0.25) is 0 Å². The summed E-state index contributed by atoms with van der Waals surface area (Å²) in [6.07, 6.45) is 0. The molecule has 7 nitrogen and oxygen atoms in total. The maximum absolute atomic E-state index is 12.3. The Kier molecular flexibility index (Phi) is 1.81. The molecule has 0 aliphatic rings. The number of hydrogen-bond acceptors (Lipinski definition) is 3. The average Bonchev–Trinajstić information content (AvgIpc) is 2.45. The molecule has 0 unspecified atom stereocenters. The van der Waals surface area contributed by atoms with E-state index in [9.17, 15) is 23.2 Å². The topological polar surface area (TPSA) is 104 Å². The van der Waals surface area contributed by atoms with E-state index < -0.39 is 23.5 Å². The Bertz CT molecular complexity index is 676. The molecule has 15 heavy (non-hydrogen) atoms. The molecule has 0 amide bonds. The van der Waals surface area contributed by atoms with Crippen LogP contribution in [0, 0.1) is 0 Å². The van der Waals surface area contributed by atoms with Crippen LogP contribution in [0.15, 0.2) is 14.4 Å². The van der Waals surface area contributed by atoms with Crippen molar-refractivity contribution in [3.8, 4) is 0 Å². The Morgan fingerprint density at radius 1 is 1.07 bits per heavy atom. The van der Waals surface area contributed by atoms with Crippen molar-refractivity contribution in [2.75, 3.05) is 0 Å². The summed E-state index contributed by atoms with van der Waals surface area (Å²) >= 11 is 0. The third-order valence-electron chi connectivity index (χ3n) is 1.81. The zero-order valence-electron chi connectivity index (χ0n) is 7.01. The van der Waals surface area contributed by atoms with Crippen LogP contribution < -0.4 is 16.9 Å². The van der Waals surface area contributed by atoms with Gasteiger partial charge in [-0.25, -0.2) is 9.59 Å². The van der Waals surface area contributed by atoms with Gasteiger partial charge in [-0.15, -0.1) is 0 Å². The molecule has 0 aliphatic carbocycles. The van der Waals surface area contributed by atoms with Crippen LogP contribution in [0.25, 0.3) is 11.2 Å². The molecule has 0 aromatic carbocycles. The van der Waals surface area contributed by atoms with Gasteiger partial charge in [-0.3, -0.25) is 19.7 Å². The highest BCUT2D eigenvalue weighted by Crippen LogP contribution is 2.03. The summed E-state index contributed by atoms with van der Waals surface area (Å²) in [7, 11) is 0. The Morgan fingerprint density at radius 2 is 1.73 bits per heavy atom. The van der Waals surface area contributed by atoms with Crippen LogP contribution in [0.1, 0.15) is 6.55 Å². The first kappa shape index (κ1) is 9.37. The second-order valence-electron chi connectivity index (χ2n) is 2.71. The minimum Gasteiger partial charge on any atom is -0.300 e. The SMILES string of the molecule is O=c1[nH]c2[nH]c(=O)n(C(F)F)c(=O)c2[nH]1. The van der Waals surface area contributed by atoms with Gasteiger partial charge in [0, 0.05) is 0 Å². The molecule has 0 atom stereocenters. The van der Waals surface area contributed by atoms with Crippen molar-refractivity contribution in [1.82, 2.24) is 19.5 Å². The zero-order chi connectivity index (χ0) is 11.2. The highest BCUT2D eigenvalue weighted by atomic mass is 19.3. The Hall–Kier alpha value is -2.19. The maximum atomic E-state index is 12.3. The number of aromatic amines is 3. The number of hydrogen-bond donors (Lipinski definition) is 3. The smallest absolute Gasteiger partial charge is 0.300 e. The highest BCUT2D eigenvalue weighted by molar-refractivity contribution is 5.67. The Labute approximate surface area is 78.4 Å². The fraction of sp³-hybridized carbons (Fsp3) is 0.167. The first-order chi connectivity index (χ1) is 7.00. The minimum atomic E-state index is -3.26. The molecule has 80 valence electrons. The number of alkyl halides is 2. The Morgan fingerprint density at radius 3 is 2.33 bits per heavy atom. The summed E-state index contributed by atoms with van der Waals surface area (Å²) in [5.74, 6) is 0. The summed E-state index contributed by atoms with van der Waals surface area (Å²) in [6.45, 7) is -3.26. The number of halogens is 2. The number of nitrogens with zero attached hydrogens (tertiary/aromatic N) is 1. The van der Waals surface area contributed by atoms with E-state index in [1.54, 1.807) is 0 Å². The number of nitrogens with one attached hydrogen (secondary N) is 3. The third-order valence-corrected chi connectivity index (χ3v) is 1.81. The fourth-order valence-electron chi connectivity index (χ4n) is 1.19. The molecule has 2 heterocycles. The van der Waals surface area contributed by atoms with Crippen molar-refractivity contribution in [3.05, 3.63) is 31.3 Å². The molecule has 2 aromatic rings. The molecule has 0 aliphatic heterocycles. The van der Waals surface area contributed by atoms with E-state index in [4.69, 9.17) is 0 Å². The van der Waals surface area contributed by atoms with E-state index in [2.05, 4.69) is 4.98 Å². The molecule has 0 bridgehead atoms. The van der Waals surface area contributed by atoms with Gasteiger partial charge in [0.05, 0.1) is 0 Å². The largest absolute Gasteiger partial charge is 0.334 e. The van der Waals surface area contributed by atoms with Crippen LogP contribution in [0.2, 0.25) is 0 Å². The first-order valence-corrected chi connectivity index (χ1v) is 3.75. The van der Waals surface area contributed by atoms with Gasteiger partial charge in [0.1, 0.15) is 5.65 Å². The summed E-state index contributed by atoms with van der Waals surface area (Å²) in [4.78, 5) is 39.1. The van der Waals surface area contributed by atoms with E-state index in [0.29, 0.717) is 0 Å². The van der Waals surface area contributed by atoms with E-state index >= 15 is 0 Å². The molecule has 0 fully saturated rings. The van der Waals surface area contributed by atoms with Crippen molar-refractivity contribution in [2.24, 2.45) is 0 Å². The molecule has 3 N–H and O–H groups in total. The maximum Gasteiger partial charge on any atom is 0.334 e. The summed E-state index contributed by atoms with van der Waals surface area (Å²) in [6, 6.07) is 0. The lowest BCUT2D eigenvalue weighted by Gasteiger charge is -2.00. The van der Waals surface area contributed by atoms with E-state index in [-0.39, 0.29) is 15.7 Å². The van der Waals surface area contributed by atoms with Gasteiger partial charge in [-0.05, 0) is 0 Å². The summed E-state index contributed by atoms with van der Waals surface area (Å²) < 4.78 is 24.2. The predicted molar refractivity (Wildman–Crippen MR) is 45.1 cm³/mol. The van der Waals surface area contributed by atoms with Crippen LogP contribution in [0.4, 0.5) is 8.78 Å². The van der Waals surface area contributed by atoms with E-state index in [1.165, 1.54) is 0 Å². The van der Waals surface area contributed by atoms with Crippen molar-refractivity contribution in [2.45, 2.75) is 6.55 Å². The lowest BCUT2D eigenvalue weighted by atomic mass is 10.5. The van der Waals surface area contributed by atoms with Crippen LogP contribution in [-0.4, -0.2) is 19.5 Å². The first-order valence-electron chi connectivity index (χ1n) is 3.75. The number of H-pyrrole nitrogens is 3. The quantitative estimate of drug-likeness (QED) is 0.577. The molecule has 0 saturated heterocycles. The zero-order valence-corrected chi connectivity index (χ0v) is 7.01. The molecule has 2 rings (SSSR count). The van der Waals surface area contributed by atoms with E-state index in [1.807, 2.05) is 9.97 Å². The molecule has 2 aromatic heterocycles. The van der Waals surface area contributed by atoms with Crippen molar-refractivity contribution >= 4 is 11.2 Å². The average molecular weight is 218 g/mol. The van der Waals surface area contributed by atoms with Crippen LogP contribution in [-0.2, 0) is 0 Å². The van der Waals surface area contributed by atoms with Gasteiger partial charge < -0.3 is 0 Å². The second kappa shape index (κ2) is 2.90. The molecular weight excluding hydrogens is 214 g/mol. The standard InChI is InChI=1S/C6H4F2N4O3/c7-4(8)12-3(13)1-2(11-6(12)15)10-5(14)9-1/h4H,(H,11,15)(H2,9,10,14). The Balaban J connectivity index is 3.03. The third kappa shape index (κ3) is 1.28. The number of aromatic nitrogens is 4. The lowest BCUT2D eigenvalue weighted by molar-refractivity contribution is 0.0620. The minimum absolute atomic E-state index is 0.202. The predicted octanol–water partition coefficient (Wildman–Crippen LogP) is -0.899. The van der Waals surface area contributed by atoms with Gasteiger partial charge in [-0.2, -0.15) is 13.3 Å². The van der Waals surface area contributed by atoms with Crippen molar-refractivity contribution in [1.29, 1.82) is 0 Å². The summed E-state index contributed by atoms with van der Waals surface area (Å²) in [5, 5.41) is 0. The number of imidazole rings is 1. The monoisotopic (exact) mass is 218 g/mol. The van der Waals surface area contributed by atoms with Gasteiger partial charge in [0.25, 0.3) is 5.56 Å². The molecule has 0 spiro atoms. The van der Waals surface area contributed by atoms with Gasteiger partial charge in [-0.1, -0.05) is 0 Å². The van der Waals surface area contributed by atoms with Crippen molar-refractivity contribution in [3.63, 3.8) is 0 Å². The lowest BCUT2D eigenvalue weighted by Crippen LogP contribution is -2.35. The number of fused-ring (bicyclic) bond motifs is 1. The molecule has 0 radical (unpaired) electrons. The molecule has 0 saturated carbocycles. The molecular formula is C6H4F2N4O3. The van der Waals surface area contributed by atoms with Gasteiger partial charge in [0.15, 0.2) is 5.52 Å². The van der Waals surface area contributed by atoms with Gasteiger partial charge >= 0.3 is 17.9 Å². The number of rotatable bonds is 1. The summed E-state index contributed by atoms with van der Waals surface area (Å²) in [5.41, 5.74) is -3.88.